The SMILES string of the molecule is O[C@]12CCc3ccccc3[C@H](CC1)O2. The first-order valence-electron chi connectivity index (χ1n) is 5.25. The molecule has 1 aromatic rings. The number of ether oxygens (including phenoxy) is 1. The topological polar surface area (TPSA) is 29.5 Å². The minimum absolute atomic E-state index is 0.124. The van der Waals surface area contributed by atoms with Crippen molar-refractivity contribution in [1.82, 2.24) is 0 Å². The smallest absolute Gasteiger partial charge is 0.166 e. The van der Waals surface area contributed by atoms with Crippen molar-refractivity contribution in [2.75, 3.05) is 0 Å². The van der Waals surface area contributed by atoms with Gasteiger partial charge in [0.25, 0.3) is 0 Å². The lowest BCUT2D eigenvalue weighted by Crippen LogP contribution is -2.26. The van der Waals surface area contributed by atoms with Gasteiger partial charge in [-0.15, -0.1) is 0 Å². The van der Waals surface area contributed by atoms with Crippen LogP contribution in [0.1, 0.15) is 36.5 Å². The summed E-state index contributed by atoms with van der Waals surface area (Å²) in [6, 6.07) is 8.37. The van der Waals surface area contributed by atoms with Gasteiger partial charge in [0.2, 0.25) is 0 Å². The summed E-state index contributed by atoms with van der Waals surface area (Å²) in [6.07, 6.45) is 3.53. The normalized spacial score (nSPS) is 35.1. The van der Waals surface area contributed by atoms with E-state index >= 15 is 0 Å². The highest BCUT2D eigenvalue weighted by Crippen LogP contribution is 2.44. The lowest BCUT2D eigenvalue weighted by Gasteiger charge is -2.20. The summed E-state index contributed by atoms with van der Waals surface area (Å²) in [5, 5.41) is 10.1. The minimum atomic E-state index is -0.844. The molecule has 2 heteroatoms. The summed E-state index contributed by atoms with van der Waals surface area (Å²) in [5.74, 6) is -0.844. The lowest BCUT2D eigenvalue weighted by molar-refractivity contribution is -0.193. The van der Waals surface area contributed by atoms with Crippen molar-refractivity contribution >= 4 is 0 Å². The van der Waals surface area contributed by atoms with Crippen molar-refractivity contribution in [3.63, 3.8) is 0 Å². The van der Waals surface area contributed by atoms with E-state index in [1.165, 1.54) is 11.1 Å². The Morgan fingerprint density at radius 3 is 3.07 bits per heavy atom. The fourth-order valence-corrected chi connectivity index (χ4v) is 2.55. The Morgan fingerprint density at radius 2 is 2.14 bits per heavy atom. The summed E-state index contributed by atoms with van der Waals surface area (Å²) >= 11 is 0. The van der Waals surface area contributed by atoms with Gasteiger partial charge in [0, 0.05) is 12.8 Å². The van der Waals surface area contributed by atoms with Crippen molar-refractivity contribution in [1.29, 1.82) is 0 Å². The quantitative estimate of drug-likeness (QED) is 0.679. The van der Waals surface area contributed by atoms with Crippen LogP contribution in [0.3, 0.4) is 0 Å². The number of aliphatic hydroxyl groups is 1. The maximum absolute atomic E-state index is 10.1. The first-order valence-corrected chi connectivity index (χ1v) is 5.25. The van der Waals surface area contributed by atoms with E-state index in [4.69, 9.17) is 4.74 Å². The van der Waals surface area contributed by atoms with E-state index in [0.717, 1.165) is 25.7 Å². The molecule has 1 N–H and O–H groups in total. The zero-order valence-corrected chi connectivity index (χ0v) is 8.07. The van der Waals surface area contributed by atoms with Gasteiger partial charge in [-0.3, -0.25) is 0 Å². The zero-order valence-electron chi connectivity index (χ0n) is 8.07. The molecule has 0 radical (unpaired) electrons. The first kappa shape index (κ1) is 8.45. The molecule has 74 valence electrons. The maximum atomic E-state index is 10.1. The molecule has 2 heterocycles. The van der Waals surface area contributed by atoms with Crippen molar-refractivity contribution in [2.45, 2.75) is 37.6 Å². The maximum Gasteiger partial charge on any atom is 0.166 e. The summed E-state index contributed by atoms with van der Waals surface area (Å²) in [5.41, 5.74) is 2.62. The van der Waals surface area contributed by atoms with Crippen LogP contribution in [0.15, 0.2) is 24.3 Å². The zero-order chi connectivity index (χ0) is 9.60. The molecule has 2 nitrogen and oxygen atoms in total. The molecule has 2 bridgehead atoms. The molecule has 1 saturated heterocycles. The van der Waals surface area contributed by atoms with Crippen LogP contribution >= 0.6 is 0 Å². The van der Waals surface area contributed by atoms with Gasteiger partial charge in [-0.1, -0.05) is 24.3 Å². The first-order chi connectivity index (χ1) is 6.77. The molecule has 1 aromatic carbocycles. The summed E-state index contributed by atoms with van der Waals surface area (Å²) in [6.45, 7) is 0. The Hall–Kier alpha value is -0.860. The molecule has 14 heavy (non-hydrogen) atoms. The van der Waals surface area contributed by atoms with Crippen LogP contribution in [0, 0.1) is 0 Å². The van der Waals surface area contributed by atoms with Gasteiger partial charge in [0.1, 0.15) is 0 Å². The predicted octanol–water partition coefficient (Wildman–Crippen LogP) is 2.17. The van der Waals surface area contributed by atoms with Crippen molar-refractivity contribution in [3.8, 4) is 0 Å². The van der Waals surface area contributed by atoms with E-state index in [9.17, 15) is 5.11 Å². The van der Waals surface area contributed by atoms with E-state index < -0.39 is 5.79 Å². The fourth-order valence-electron chi connectivity index (χ4n) is 2.55. The number of fused-ring (bicyclic) bond motifs is 4. The van der Waals surface area contributed by atoms with Crippen LogP contribution in [0.25, 0.3) is 0 Å². The average molecular weight is 190 g/mol. The van der Waals surface area contributed by atoms with E-state index in [2.05, 4.69) is 18.2 Å². The second-order valence-corrected chi connectivity index (χ2v) is 4.29. The molecule has 2 aliphatic heterocycles. The third-order valence-electron chi connectivity index (χ3n) is 3.35. The van der Waals surface area contributed by atoms with Crippen molar-refractivity contribution < 1.29 is 9.84 Å². The summed E-state index contributed by atoms with van der Waals surface area (Å²) in [4.78, 5) is 0. The van der Waals surface area contributed by atoms with E-state index in [1.54, 1.807) is 0 Å². The number of aryl methyl sites for hydroxylation is 1. The Morgan fingerprint density at radius 1 is 1.29 bits per heavy atom. The molecular weight excluding hydrogens is 176 g/mol. The second kappa shape index (κ2) is 2.81. The Labute approximate surface area is 83.5 Å². The molecule has 2 atom stereocenters. The highest BCUT2D eigenvalue weighted by molar-refractivity contribution is 5.31. The monoisotopic (exact) mass is 190 g/mol. The van der Waals surface area contributed by atoms with Gasteiger partial charge in [0.15, 0.2) is 5.79 Å². The molecule has 3 rings (SSSR count). The van der Waals surface area contributed by atoms with E-state index in [0.29, 0.717) is 0 Å². The van der Waals surface area contributed by atoms with Crippen molar-refractivity contribution in [3.05, 3.63) is 35.4 Å². The Bertz CT molecular complexity index is 361. The number of rotatable bonds is 0. The van der Waals surface area contributed by atoms with Crippen molar-refractivity contribution in [2.24, 2.45) is 0 Å². The third-order valence-corrected chi connectivity index (χ3v) is 3.35. The lowest BCUT2D eigenvalue weighted by atomic mass is 9.92. The summed E-state index contributed by atoms with van der Waals surface area (Å²) in [7, 11) is 0. The highest BCUT2D eigenvalue weighted by Gasteiger charge is 2.41. The molecular formula is C12H14O2. The van der Waals surface area contributed by atoms with Gasteiger partial charge in [0.05, 0.1) is 6.10 Å². The van der Waals surface area contributed by atoms with Gasteiger partial charge in [-0.05, 0) is 24.0 Å². The number of hydrogen-bond donors (Lipinski definition) is 1. The Kier molecular flexibility index (Phi) is 1.70. The summed E-state index contributed by atoms with van der Waals surface area (Å²) < 4.78 is 5.69. The van der Waals surface area contributed by atoms with Crippen LogP contribution < -0.4 is 0 Å². The highest BCUT2D eigenvalue weighted by atomic mass is 16.6. The fraction of sp³-hybridized carbons (Fsp3) is 0.500. The molecule has 2 aliphatic rings. The van der Waals surface area contributed by atoms with Crippen LogP contribution in [-0.2, 0) is 11.2 Å². The largest absolute Gasteiger partial charge is 0.365 e. The van der Waals surface area contributed by atoms with Gasteiger partial charge in [-0.25, -0.2) is 0 Å². The molecule has 0 spiro atoms. The third kappa shape index (κ3) is 1.18. The molecule has 0 unspecified atom stereocenters. The minimum Gasteiger partial charge on any atom is -0.365 e. The second-order valence-electron chi connectivity index (χ2n) is 4.29. The molecule has 0 aliphatic carbocycles. The van der Waals surface area contributed by atoms with Crippen LogP contribution in [0.5, 0.6) is 0 Å². The standard InChI is InChI=1S/C12H14O2/c13-12-7-5-9-3-1-2-4-10(9)11(14-12)6-8-12/h1-4,11,13H,5-8H2/t11-,12-/m0/s1. The van der Waals surface area contributed by atoms with Crippen LogP contribution in [0.4, 0.5) is 0 Å². The number of hydrogen-bond acceptors (Lipinski definition) is 2. The number of benzene rings is 1. The molecule has 1 fully saturated rings. The van der Waals surface area contributed by atoms with E-state index in [1.807, 2.05) is 6.07 Å². The average Bonchev–Trinajstić information content (AvgIpc) is 2.51. The predicted molar refractivity (Wildman–Crippen MR) is 52.8 cm³/mol. The molecule has 0 aromatic heterocycles. The van der Waals surface area contributed by atoms with Crippen LogP contribution in [-0.4, -0.2) is 10.9 Å². The van der Waals surface area contributed by atoms with Gasteiger partial charge in [-0.2, -0.15) is 0 Å². The molecule has 0 amide bonds. The van der Waals surface area contributed by atoms with E-state index in [-0.39, 0.29) is 6.10 Å². The van der Waals surface area contributed by atoms with Crippen LogP contribution in [0.2, 0.25) is 0 Å². The Balaban J connectivity index is 2.06. The van der Waals surface area contributed by atoms with Gasteiger partial charge < -0.3 is 9.84 Å². The molecule has 0 saturated carbocycles. The van der Waals surface area contributed by atoms with Gasteiger partial charge >= 0.3 is 0 Å².